The van der Waals surface area contributed by atoms with E-state index in [1.54, 1.807) is 4.90 Å². The number of carboxylic acid groups (broad SMARTS) is 1. The van der Waals surface area contributed by atoms with Gasteiger partial charge in [0.05, 0.1) is 6.42 Å². The smallest absolute Gasteiger partial charge is 0.407 e. The van der Waals surface area contributed by atoms with Crippen LogP contribution in [0.25, 0.3) is 11.1 Å². The van der Waals surface area contributed by atoms with E-state index in [0.29, 0.717) is 6.54 Å². The average molecular weight is 467 g/mol. The normalized spacial score (nSPS) is 13.5. The van der Waals surface area contributed by atoms with Gasteiger partial charge in [0, 0.05) is 31.0 Å². The minimum atomic E-state index is -0.938. The molecule has 1 unspecified atom stereocenters. The molecule has 0 aliphatic heterocycles. The zero-order chi connectivity index (χ0) is 24.9. The Morgan fingerprint density at radius 2 is 1.59 bits per heavy atom. The Hall–Kier alpha value is -3.35. The van der Waals surface area contributed by atoms with E-state index in [1.807, 2.05) is 52.0 Å². The van der Waals surface area contributed by atoms with Crippen LogP contribution in [0, 0.1) is 5.92 Å². The molecular formula is C27H34N2O5. The maximum atomic E-state index is 12.8. The molecule has 0 heterocycles. The first-order valence-electron chi connectivity index (χ1n) is 11.7. The van der Waals surface area contributed by atoms with Crippen LogP contribution in [0.4, 0.5) is 4.79 Å². The zero-order valence-electron chi connectivity index (χ0n) is 20.3. The van der Waals surface area contributed by atoms with Crippen LogP contribution in [-0.2, 0) is 14.3 Å². The first-order valence-corrected chi connectivity index (χ1v) is 11.7. The van der Waals surface area contributed by atoms with Crippen LogP contribution >= 0.6 is 0 Å². The Labute approximate surface area is 201 Å². The van der Waals surface area contributed by atoms with Gasteiger partial charge < -0.3 is 20.1 Å². The van der Waals surface area contributed by atoms with E-state index < -0.39 is 17.6 Å². The molecular weight excluding hydrogens is 432 g/mol. The van der Waals surface area contributed by atoms with Crippen molar-refractivity contribution in [3.8, 4) is 11.1 Å². The van der Waals surface area contributed by atoms with Gasteiger partial charge in [-0.3, -0.25) is 9.59 Å². The number of hydrogen-bond acceptors (Lipinski definition) is 4. The van der Waals surface area contributed by atoms with Crippen molar-refractivity contribution in [1.82, 2.24) is 10.2 Å². The monoisotopic (exact) mass is 466 g/mol. The van der Waals surface area contributed by atoms with Crippen LogP contribution in [0.1, 0.15) is 57.6 Å². The van der Waals surface area contributed by atoms with E-state index in [4.69, 9.17) is 9.84 Å². The van der Waals surface area contributed by atoms with Crippen LogP contribution in [0.3, 0.4) is 0 Å². The molecule has 7 heteroatoms. The van der Waals surface area contributed by atoms with Crippen LogP contribution in [0.2, 0.25) is 0 Å². The van der Waals surface area contributed by atoms with Crippen LogP contribution < -0.4 is 5.32 Å². The maximum absolute atomic E-state index is 12.8. The highest BCUT2D eigenvalue weighted by atomic mass is 16.5. The third kappa shape index (κ3) is 6.16. The van der Waals surface area contributed by atoms with Gasteiger partial charge >= 0.3 is 12.1 Å². The minimum Gasteiger partial charge on any atom is -0.481 e. The second-order valence-electron chi connectivity index (χ2n) is 9.88. The number of nitrogens with one attached hydrogen (secondary N) is 1. The lowest BCUT2D eigenvalue weighted by Crippen LogP contribution is -2.47. The van der Waals surface area contributed by atoms with Crippen molar-refractivity contribution in [1.29, 1.82) is 0 Å². The molecule has 2 N–H and O–H groups in total. The number of carboxylic acids is 1. The van der Waals surface area contributed by atoms with Gasteiger partial charge in [-0.15, -0.1) is 0 Å². The second-order valence-corrected chi connectivity index (χ2v) is 9.88. The molecule has 0 fully saturated rings. The van der Waals surface area contributed by atoms with Crippen molar-refractivity contribution in [2.45, 2.75) is 52.0 Å². The summed E-state index contributed by atoms with van der Waals surface area (Å²) in [6.45, 7) is 8.20. The SMILES string of the molecule is CC(CNC(=O)OCC1c2ccccc2-c2ccccc21)CC(=O)N(CCC(=O)O)C(C)(C)C. The highest BCUT2D eigenvalue weighted by Crippen LogP contribution is 2.44. The van der Waals surface area contributed by atoms with Crippen molar-refractivity contribution in [3.05, 3.63) is 59.7 Å². The summed E-state index contributed by atoms with van der Waals surface area (Å²) in [5, 5.41) is 11.7. The minimum absolute atomic E-state index is 0.00766. The van der Waals surface area contributed by atoms with E-state index in [0.717, 1.165) is 11.1 Å². The summed E-state index contributed by atoms with van der Waals surface area (Å²) < 4.78 is 5.55. The highest BCUT2D eigenvalue weighted by molar-refractivity contribution is 5.79. The molecule has 0 saturated carbocycles. The number of fused-ring (bicyclic) bond motifs is 3. The number of ether oxygens (including phenoxy) is 1. The summed E-state index contributed by atoms with van der Waals surface area (Å²) in [7, 11) is 0. The molecule has 1 atom stereocenters. The third-order valence-corrected chi connectivity index (χ3v) is 6.12. The number of benzene rings is 2. The summed E-state index contributed by atoms with van der Waals surface area (Å²) in [5.74, 6) is -1.20. The highest BCUT2D eigenvalue weighted by Gasteiger charge is 2.30. The van der Waals surface area contributed by atoms with Crippen molar-refractivity contribution < 1.29 is 24.2 Å². The second kappa shape index (κ2) is 10.7. The summed E-state index contributed by atoms with van der Waals surface area (Å²) in [4.78, 5) is 37.7. The predicted octanol–water partition coefficient (Wildman–Crippen LogP) is 4.65. The number of amides is 2. The van der Waals surface area contributed by atoms with Gasteiger partial charge in [0.1, 0.15) is 6.61 Å². The third-order valence-electron chi connectivity index (χ3n) is 6.12. The Morgan fingerprint density at radius 3 is 2.12 bits per heavy atom. The van der Waals surface area contributed by atoms with Gasteiger partial charge in [0.2, 0.25) is 5.91 Å². The van der Waals surface area contributed by atoms with Gasteiger partial charge in [0.25, 0.3) is 0 Å². The molecule has 0 aromatic heterocycles. The number of aliphatic carboxylic acids is 1. The fourth-order valence-electron chi connectivity index (χ4n) is 4.43. The quantitative estimate of drug-likeness (QED) is 0.561. The molecule has 0 radical (unpaired) electrons. The number of alkyl carbamates (subject to hydrolysis) is 1. The molecule has 1 aliphatic carbocycles. The molecule has 2 amide bonds. The van der Waals surface area contributed by atoms with E-state index in [1.165, 1.54) is 11.1 Å². The maximum Gasteiger partial charge on any atom is 0.407 e. The lowest BCUT2D eigenvalue weighted by Gasteiger charge is -2.36. The molecule has 0 saturated heterocycles. The molecule has 34 heavy (non-hydrogen) atoms. The standard InChI is InChI=1S/C27H34N2O5/c1-18(15-24(30)29(27(2,3)4)14-13-25(31)32)16-28-26(33)34-17-23-21-11-7-5-9-19(21)20-10-6-8-12-22(20)23/h5-12,18,23H,13-17H2,1-4H3,(H,28,33)(H,31,32). The molecule has 182 valence electrons. The summed E-state index contributed by atoms with van der Waals surface area (Å²) >= 11 is 0. The summed E-state index contributed by atoms with van der Waals surface area (Å²) in [6.07, 6.45) is -0.407. The zero-order valence-corrected chi connectivity index (χ0v) is 20.3. The van der Waals surface area contributed by atoms with Gasteiger partial charge in [-0.05, 0) is 48.9 Å². The molecule has 0 spiro atoms. The van der Waals surface area contributed by atoms with E-state index in [-0.39, 0.29) is 43.7 Å². The Morgan fingerprint density at radius 1 is 1.03 bits per heavy atom. The summed E-state index contributed by atoms with van der Waals surface area (Å²) in [5.41, 5.74) is 4.17. The molecule has 1 aliphatic rings. The fraction of sp³-hybridized carbons (Fsp3) is 0.444. The first kappa shape index (κ1) is 25.3. The van der Waals surface area contributed by atoms with Gasteiger partial charge in [-0.25, -0.2) is 4.79 Å². The number of hydrogen-bond donors (Lipinski definition) is 2. The van der Waals surface area contributed by atoms with Crippen molar-refractivity contribution in [3.63, 3.8) is 0 Å². The fourth-order valence-corrected chi connectivity index (χ4v) is 4.43. The first-order chi connectivity index (χ1) is 16.1. The lowest BCUT2D eigenvalue weighted by molar-refractivity contribution is -0.141. The molecule has 7 nitrogen and oxygen atoms in total. The number of nitrogens with zero attached hydrogens (tertiary/aromatic N) is 1. The largest absolute Gasteiger partial charge is 0.481 e. The predicted molar refractivity (Wildman–Crippen MR) is 131 cm³/mol. The van der Waals surface area contributed by atoms with Crippen LogP contribution in [0.5, 0.6) is 0 Å². The van der Waals surface area contributed by atoms with Crippen molar-refractivity contribution in [2.75, 3.05) is 19.7 Å². The Kier molecular flexibility index (Phi) is 7.97. The Bertz CT molecular complexity index is 998. The average Bonchev–Trinajstić information content (AvgIpc) is 3.09. The van der Waals surface area contributed by atoms with E-state index in [2.05, 4.69) is 29.6 Å². The van der Waals surface area contributed by atoms with E-state index >= 15 is 0 Å². The molecule has 2 aromatic rings. The number of carbonyl (C=O) groups excluding carboxylic acids is 2. The van der Waals surface area contributed by atoms with Crippen molar-refractivity contribution in [2.24, 2.45) is 5.92 Å². The van der Waals surface area contributed by atoms with Crippen LogP contribution in [0.15, 0.2) is 48.5 Å². The van der Waals surface area contributed by atoms with Gasteiger partial charge in [-0.1, -0.05) is 55.5 Å². The summed E-state index contributed by atoms with van der Waals surface area (Å²) in [6, 6.07) is 16.3. The molecule has 2 aromatic carbocycles. The Balaban J connectivity index is 1.50. The number of carbonyl (C=O) groups is 3. The molecule has 3 rings (SSSR count). The van der Waals surface area contributed by atoms with Gasteiger partial charge in [0.15, 0.2) is 0 Å². The van der Waals surface area contributed by atoms with Crippen molar-refractivity contribution >= 4 is 18.0 Å². The number of rotatable bonds is 9. The lowest BCUT2D eigenvalue weighted by atomic mass is 9.98. The van der Waals surface area contributed by atoms with Gasteiger partial charge in [-0.2, -0.15) is 0 Å². The molecule has 0 bridgehead atoms. The van der Waals surface area contributed by atoms with Crippen LogP contribution in [-0.4, -0.2) is 53.2 Å². The topological polar surface area (TPSA) is 95.9 Å². The van der Waals surface area contributed by atoms with E-state index in [9.17, 15) is 14.4 Å².